The van der Waals surface area contributed by atoms with Crippen LogP contribution in [0.4, 0.5) is 4.79 Å². The lowest BCUT2D eigenvalue weighted by Gasteiger charge is -2.21. The standard InChI is InChI=1S/C9H15N5O4/c1-9(2,3)18-8(17)10-5(7(15)16)4-6-11-13-14-12-6/h5H,4H2,1-3H3,(H,10,17)(H,15,16)(H,11,12,13,14). The van der Waals surface area contributed by atoms with E-state index in [4.69, 9.17) is 9.84 Å². The number of H-pyrrole nitrogens is 1. The lowest BCUT2D eigenvalue weighted by Crippen LogP contribution is -2.44. The van der Waals surface area contributed by atoms with Gasteiger partial charge in [0.15, 0.2) is 5.82 Å². The van der Waals surface area contributed by atoms with E-state index < -0.39 is 23.7 Å². The first-order valence-corrected chi connectivity index (χ1v) is 5.23. The van der Waals surface area contributed by atoms with Gasteiger partial charge in [0.2, 0.25) is 0 Å². The van der Waals surface area contributed by atoms with Crippen LogP contribution in [0.1, 0.15) is 26.6 Å². The molecule has 1 aromatic heterocycles. The summed E-state index contributed by atoms with van der Waals surface area (Å²) in [5.74, 6) is -0.935. The van der Waals surface area contributed by atoms with Crippen molar-refractivity contribution in [1.82, 2.24) is 25.9 Å². The van der Waals surface area contributed by atoms with Gasteiger partial charge in [-0.25, -0.2) is 14.7 Å². The molecule has 9 heteroatoms. The number of carboxylic acid groups (broad SMARTS) is 1. The van der Waals surface area contributed by atoms with Crippen LogP contribution in [0.25, 0.3) is 0 Å². The number of aromatic nitrogens is 4. The number of carboxylic acids is 1. The topological polar surface area (TPSA) is 130 Å². The molecule has 0 spiro atoms. The molecule has 0 saturated heterocycles. The maximum atomic E-state index is 11.4. The summed E-state index contributed by atoms with van der Waals surface area (Å²) in [7, 11) is 0. The molecule has 1 heterocycles. The fourth-order valence-corrected chi connectivity index (χ4v) is 1.11. The summed E-state index contributed by atoms with van der Waals surface area (Å²) in [5.41, 5.74) is -0.694. The van der Waals surface area contributed by atoms with E-state index in [-0.39, 0.29) is 12.2 Å². The zero-order chi connectivity index (χ0) is 13.8. The number of tetrazole rings is 1. The van der Waals surface area contributed by atoms with Gasteiger partial charge in [-0.1, -0.05) is 0 Å². The second kappa shape index (κ2) is 5.43. The number of carbonyl (C=O) groups is 2. The second-order valence-electron chi connectivity index (χ2n) is 4.59. The van der Waals surface area contributed by atoms with Crippen LogP contribution in [0.15, 0.2) is 0 Å². The van der Waals surface area contributed by atoms with Gasteiger partial charge in [0.1, 0.15) is 11.6 Å². The van der Waals surface area contributed by atoms with Crippen LogP contribution in [0.3, 0.4) is 0 Å². The van der Waals surface area contributed by atoms with Crippen molar-refractivity contribution in [3.63, 3.8) is 0 Å². The molecule has 9 nitrogen and oxygen atoms in total. The van der Waals surface area contributed by atoms with Gasteiger partial charge in [0, 0.05) is 6.42 Å². The zero-order valence-electron chi connectivity index (χ0n) is 10.3. The first-order chi connectivity index (χ1) is 8.28. The van der Waals surface area contributed by atoms with Gasteiger partial charge in [0.05, 0.1) is 0 Å². The highest BCUT2D eigenvalue weighted by Crippen LogP contribution is 2.07. The maximum Gasteiger partial charge on any atom is 0.408 e. The number of rotatable bonds is 4. The Morgan fingerprint density at radius 1 is 1.50 bits per heavy atom. The Morgan fingerprint density at radius 2 is 2.17 bits per heavy atom. The van der Waals surface area contributed by atoms with Crippen molar-refractivity contribution >= 4 is 12.1 Å². The third kappa shape index (κ3) is 4.76. The molecule has 0 fully saturated rings. The number of ether oxygens (including phenoxy) is 1. The summed E-state index contributed by atoms with van der Waals surface area (Å²) >= 11 is 0. The molecule has 18 heavy (non-hydrogen) atoms. The second-order valence-corrected chi connectivity index (χ2v) is 4.59. The number of alkyl carbamates (subject to hydrolysis) is 1. The van der Waals surface area contributed by atoms with Crippen LogP contribution in [-0.4, -0.2) is 49.4 Å². The molecule has 0 radical (unpaired) electrons. The van der Waals surface area contributed by atoms with Crippen LogP contribution in [0, 0.1) is 0 Å². The normalized spacial score (nSPS) is 12.8. The summed E-state index contributed by atoms with van der Waals surface area (Å²) in [4.78, 5) is 22.4. The number of aromatic amines is 1. The quantitative estimate of drug-likeness (QED) is 0.676. The number of amides is 1. The zero-order valence-corrected chi connectivity index (χ0v) is 10.3. The summed E-state index contributed by atoms with van der Waals surface area (Å²) in [6.07, 6.45) is -0.857. The van der Waals surface area contributed by atoms with Crippen molar-refractivity contribution in [3.05, 3.63) is 5.82 Å². The summed E-state index contributed by atoms with van der Waals surface area (Å²) in [5, 5.41) is 23.8. The minimum Gasteiger partial charge on any atom is -0.480 e. The van der Waals surface area contributed by atoms with Gasteiger partial charge >= 0.3 is 12.1 Å². The number of aliphatic carboxylic acids is 1. The van der Waals surface area contributed by atoms with Crippen molar-refractivity contribution in [1.29, 1.82) is 0 Å². The molecular formula is C9H15N5O4. The van der Waals surface area contributed by atoms with E-state index >= 15 is 0 Å². The Bertz CT molecular complexity index is 411. The molecule has 1 rings (SSSR count). The van der Waals surface area contributed by atoms with Crippen LogP contribution >= 0.6 is 0 Å². The predicted octanol–water partition coefficient (Wildman–Crippen LogP) is -0.280. The SMILES string of the molecule is CC(C)(C)OC(=O)NC(Cc1nnn[nH]1)C(=O)O. The molecule has 0 aliphatic heterocycles. The number of hydrogen-bond donors (Lipinski definition) is 3. The van der Waals surface area contributed by atoms with E-state index in [9.17, 15) is 9.59 Å². The molecule has 1 unspecified atom stereocenters. The third-order valence-electron chi connectivity index (χ3n) is 1.78. The Labute approximate surface area is 103 Å². The van der Waals surface area contributed by atoms with Crippen LogP contribution < -0.4 is 5.32 Å². The van der Waals surface area contributed by atoms with Gasteiger partial charge in [-0.05, 0) is 31.2 Å². The van der Waals surface area contributed by atoms with E-state index in [2.05, 4.69) is 25.9 Å². The lowest BCUT2D eigenvalue weighted by molar-refractivity contribution is -0.139. The number of carbonyl (C=O) groups excluding carboxylic acids is 1. The monoisotopic (exact) mass is 257 g/mol. The minimum atomic E-state index is -1.20. The Kier molecular flexibility index (Phi) is 4.18. The third-order valence-corrected chi connectivity index (χ3v) is 1.78. The first kappa shape index (κ1) is 13.9. The smallest absolute Gasteiger partial charge is 0.408 e. The van der Waals surface area contributed by atoms with E-state index in [0.29, 0.717) is 0 Å². The average Bonchev–Trinajstić information content (AvgIpc) is 2.66. The Hall–Kier alpha value is -2.19. The van der Waals surface area contributed by atoms with Gasteiger partial charge in [-0.15, -0.1) is 5.10 Å². The molecule has 1 atom stereocenters. The Balaban J connectivity index is 2.58. The summed E-state index contributed by atoms with van der Waals surface area (Å²) < 4.78 is 4.96. The van der Waals surface area contributed by atoms with E-state index in [1.165, 1.54) is 0 Å². The fraction of sp³-hybridized carbons (Fsp3) is 0.667. The Morgan fingerprint density at radius 3 is 2.61 bits per heavy atom. The molecular weight excluding hydrogens is 242 g/mol. The summed E-state index contributed by atoms with van der Waals surface area (Å²) in [6, 6.07) is -1.16. The minimum absolute atomic E-state index is 0.0540. The molecule has 0 bridgehead atoms. The van der Waals surface area contributed by atoms with Gasteiger partial charge in [0.25, 0.3) is 0 Å². The molecule has 0 aromatic carbocycles. The van der Waals surface area contributed by atoms with Crippen molar-refractivity contribution in [2.75, 3.05) is 0 Å². The number of hydrogen-bond acceptors (Lipinski definition) is 6. The largest absolute Gasteiger partial charge is 0.480 e. The van der Waals surface area contributed by atoms with Gasteiger partial charge in [-0.3, -0.25) is 0 Å². The molecule has 1 aromatic rings. The predicted molar refractivity (Wildman–Crippen MR) is 58.7 cm³/mol. The van der Waals surface area contributed by atoms with Crippen LogP contribution in [0.2, 0.25) is 0 Å². The van der Waals surface area contributed by atoms with Crippen LogP contribution in [0.5, 0.6) is 0 Å². The average molecular weight is 257 g/mol. The lowest BCUT2D eigenvalue weighted by atomic mass is 10.2. The van der Waals surface area contributed by atoms with E-state index in [1.54, 1.807) is 20.8 Å². The van der Waals surface area contributed by atoms with E-state index in [0.717, 1.165) is 0 Å². The van der Waals surface area contributed by atoms with Gasteiger partial charge in [-0.2, -0.15) is 0 Å². The van der Waals surface area contributed by atoms with Crippen molar-refractivity contribution < 1.29 is 19.4 Å². The van der Waals surface area contributed by atoms with Crippen LogP contribution in [-0.2, 0) is 16.0 Å². The molecule has 1 amide bonds. The van der Waals surface area contributed by atoms with Gasteiger partial charge < -0.3 is 15.2 Å². The number of nitrogens with zero attached hydrogens (tertiary/aromatic N) is 3. The fourth-order valence-electron chi connectivity index (χ4n) is 1.11. The maximum absolute atomic E-state index is 11.4. The molecule has 3 N–H and O–H groups in total. The van der Waals surface area contributed by atoms with Crippen molar-refractivity contribution in [2.24, 2.45) is 0 Å². The molecule has 0 aliphatic carbocycles. The summed E-state index contributed by atoms with van der Waals surface area (Å²) in [6.45, 7) is 5.05. The highest BCUT2D eigenvalue weighted by Gasteiger charge is 2.25. The molecule has 0 saturated carbocycles. The highest BCUT2D eigenvalue weighted by atomic mass is 16.6. The number of nitrogens with one attached hydrogen (secondary N) is 2. The van der Waals surface area contributed by atoms with E-state index in [1.807, 2.05) is 0 Å². The first-order valence-electron chi connectivity index (χ1n) is 5.23. The van der Waals surface area contributed by atoms with Crippen molar-refractivity contribution in [2.45, 2.75) is 38.8 Å². The molecule has 0 aliphatic rings. The van der Waals surface area contributed by atoms with Crippen molar-refractivity contribution in [3.8, 4) is 0 Å². The highest BCUT2D eigenvalue weighted by molar-refractivity contribution is 5.80. The molecule has 100 valence electrons.